The van der Waals surface area contributed by atoms with Gasteiger partial charge in [-0.2, -0.15) is 0 Å². The van der Waals surface area contributed by atoms with E-state index < -0.39 is 10.8 Å². The van der Waals surface area contributed by atoms with Gasteiger partial charge in [0.1, 0.15) is 23.1 Å². The van der Waals surface area contributed by atoms with E-state index in [1.54, 1.807) is 18.4 Å². The zero-order valence-electron chi connectivity index (χ0n) is 14.8. The van der Waals surface area contributed by atoms with E-state index in [2.05, 4.69) is 10.3 Å². The Kier molecular flexibility index (Phi) is 5.46. The Balaban J connectivity index is 1.66. The van der Waals surface area contributed by atoms with Gasteiger partial charge in [-0.25, -0.2) is 4.98 Å². The van der Waals surface area contributed by atoms with Crippen LogP contribution in [-0.4, -0.2) is 15.8 Å². The van der Waals surface area contributed by atoms with Gasteiger partial charge in [-0.1, -0.05) is 23.8 Å². The van der Waals surface area contributed by atoms with E-state index in [0.29, 0.717) is 16.3 Å². The molecule has 0 fully saturated rings. The van der Waals surface area contributed by atoms with Crippen molar-refractivity contribution in [2.75, 3.05) is 5.32 Å². The fourth-order valence-electron chi connectivity index (χ4n) is 2.40. The molecule has 3 aromatic rings. The molecule has 0 atom stereocenters. The first-order valence-electron chi connectivity index (χ1n) is 8.13. The Morgan fingerprint density at radius 1 is 1.22 bits per heavy atom. The maximum atomic E-state index is 12.4. The Labute approximate surface area is 159 Å². The van der Waals surface area contributed by atoms with E-state index >= 15 is 0 Å². The molecule has 7 nitrogen and oxygen atoms in total. The summed E-state index contributed by atoms with van der Waals surface area (Å²) in [5, 5.41) is 16.0. The molecule has 0 aliphatic carbocycles. The second kappa shape index (κ2) is 7.96. The van der Waals surface area contributed by atoms with Gasteiger partial charge in [0.2, 0.25) is 0 Å². The maximum absolute atomic E-state index is 12.4. The summed E-state index contributed by atoms with van der Waals surface area (Å²) >= 11 is 1.32. The molecule has 1 aromatic heterocycles. The van der Waals surface area contributed by atoms with E-state index in [1.807, 2.05) is 31.2 Å². The topological polar surface area (TPSA) is 94.4 Å². The summed E-state index contributed by atoms with van der Waals surface area (Å²) in [7, 11) is 0. The number of nitrogens with one attached hydrogen (secondary N) is 1. The number of anilines is 1. The molecule has 1 N–H and O–H groups in total. The third kappa shape index (κ3) is 4.48. The second-order valence-corrected chi connectivity index (χ2v) is 6.83. The lowest BCUT2D eigenvalue weighted by Gasteiger charge is -2.07. The minimum atomic E-state index is -0.478. The Bertz CT molecular complexity index is 983. The van der Waals surface area contributed by atoms with E-state index in [4.69, 9.17) is 4.74 Å². The van der Waals surface area contributed by atoms with E-state index in [1.165, 1.54) is 23.5 Å². The largest absolute Gasteiger partial charge is 0.486 e. The Hall–Kier alpha value is -3.26. The van der Waals surface area contributed by atoms with Gasteiger partial charge in [-0.15, -0.1) is 11.3 Å². The SMILES string of the molecule is Cc1ccc(OCc2nc(C(=O)Nc3cccc([N+](=O)[O-])c3C)cs2)cc1. The molecule has 3 rings (SSSR count). The summed E-state index contributed by atoms with van der Waals surface area (Å²) in [4.78, 5) is 27.2. The van der Waals surface area contributed by atoms with Gasteiger partial charge >= 0.3 is 0 Å². The smallest absolute Gasteiger partial charge is 0.275 e. The Morgan fingerprint density at radius 2 is 1.96 bits per heavy atom. The van der Waals surface area contributed by atoms with Crippen molar-refractivity contribution in [2.45, 2.75) is 20.5 Å². The number of carbonyl (C=O) groups excluding carboxylic acids is 1. The lowest BCUT2D eigenvalue weighted by atomic mass is 10.1. The number of nitrogens with zero attached hydrogens (tertiary/aromatic N) is 2. The van der Waals surface area contributed by atoms with Crippen LogP contribution in [0.1, 0.15) is 26.6 Å². The van der Waals surface area contributed by atoms with Crippen molar-refractivity contribution in [3.8, 4) is 5.75 Å². The predicted octanol–water partition coefficient (Wildman–Crippen LogP) is 4.50. The summed E-state index contributed by atoms with van der Waals surface area (Å²) in [6.07, 6.45) is 0. The van der Waals surface area contributed by atoms with Crippen molar-refractivity contribution in [3.05, 3.63) is 79.8 Å². The second-order valence-electron chi connectivity index (χ2n) is 5.89. The van der Waals surface area contributed by atoms with Gasteiger partial charge in [-0.05, 0) is 32.0 Å². The number of carbonyl (C=O) groups is 1. The number of aryl methyl sites for hydroxylation is 1. The van der Waals surface area contributed by atoms with Crippen LogP contribution in [0.4, 0.5) is 11.4 Å². The van der Waals surface area contributed by atoms with Crippen molar-refractivity contribution in [1.82, 2.24) is 4.98 Å². The molecule has 1 amide bonds. The van der Waals surface area contributed by atoms with Crippen LogP contribution in [0, 0.1) is 24.0 Å². The quantitative estimate of drug-likeness (QED) is 0.499. The molecule has 1 heterocycles. The minimum absolute atomic E-state index is 0.0433. The number of ether oxygens (including phenoxy) is 1. The van der Waals surface area contributed by atoms with Crippen LogP contribution in [-0.2, 0) is 6.61 Å². The van der Waals surface area contributed by atoms with Crippen molar-refractivity contribution in [2.24, 2.45) is 0 Å². The number of rotatable bonds is 6. The molecule has 27 heavy (non-hydrogen) atoms. The van der Waals surface area contributed by atoms with E-state index in [9.17, 15) is 14.9 Å². The number of hydrogen-bond acceptors (Lipinski definition) is 6. The van der Waals surface area contributed by atoms with Crippen LogP contribution in [0.5, 0.6) is 5.75 Å². The number of nitro benzene ring substituents is 1. The molecule has 138 valence electrons. The first-order valence-corrected chi connectivity index (χ1v) is 9.01. The summed E-state index contributed by atoms with van der Waals surface area (Å²) in [6, 6.07) is 12.2. The summed E-state index contributed by atoms with van der Waals surface area (Å²) in [6.45, 7) is 3.85. The number of aromatic nitrogens is 1. The highest BCUT2D eigenvalue weighted by Gasteiger charge is 2.17. The number of hydrogen-bond donors (Lipinski definition) is 1. The average Bonchev–Trinajstić information content (AvgIpc) is 3.12. The molecule has 8 heteroatoms. The molecule has 0 aliphatic rings. The van der Waals surface area contributed by atoms with Gasteiger partial charge in [-0.3, -0.25) is 14.9 Å². The molecule has 0 spiro atoms. The van der Waals surface area contributed by atoms with Crippen molar-refractivity contribution < 1.29 is 14.5 Å². The third-order valence-corrected chi connectivity index (χ3v) is 4.74. The lowest BCUT2D eigenvalue weighted by molar-refractivity contribution is -0.385. The van der Waals surface area contributed by atoms with Gasteiger partial charge in [0.25, 0.3) is 11.6 Å². The molecule has 0 radical (unpaired) electrons. The van der Waals surface area contributed by atoms with E-state index in [-0.39, 0.29) is 18.0 Å². The van der Waals surface area contributed by atoms with Crippen LogP contribution in [0.25, 0.3) is 0 Å². The van der Waals surface area contributed by atoms with Crippen LogP contribution in [0.15, 0.2) is 47.8 Å². The summed E-state index contributed by atoms with van der Waals surface area (Å²) < 4.78 is 5.66. The highest BCUT2D eigenvalue weighted by atomic mass is 32.1. The van der Waals surface area contributed by atoms with Crippen molar-refractivity contribution >= 4 is 28.6 Å². The van der Waals surface area contributed by atoms with Crippen LogP contribution in [0.3, 0.4) is 0 Å². The summed E-state index contributed by atoms with van der Waals surface area (Å²) in [5.41, 5.74) is 2.13. The summed E-state index contributed by atoms with van der Waals surface area (Å²) in [5.74, 6) is 0.311. The van der Waals surface area contributed by atoms with Gasteiger partial charge in [0, 0.05) is 11.4 Å². The third-order valence-electron chi connectivity index (χ3n) is 3.92. The van der Waals surface area contributed by atoms with Crippen LogP contribution in [0.2, 0.25) is 0 Å². The first kappa shape index (κ1) is 18.5. The Morgan fingerprint density at radius 3 is 2.67 bits per heavy atom. The molecule has 2 aromatic carbocycles. The highest BCUT2D eigenvalue weighted by molar-refractivity contribution is 7.09. The zero-order chi connectivity index (χ0) is 19.4. The molecule has 0 aliphatic heterocycles. The highest BCUT2D eigenvalue weighted by Crippen LogP contribution is 2.25. The first-order chi connectivity index (χ1) is 12.9. The molecular weight excluding hydrogens is 366 g/mol. The number of thiazole rings is 1. The maximum Gasteiger partial charge on any atom is 0.275 e. The number of benzene rings is 2. The van der Waals surface area contributed by atoms with Gasteiger partial charge in [0.15, 0.2) is 0 Å². The fourth-order valence-corrected chi connectivity index (χ4v) is 3.09. The van der Waals surface area contributed by atoms with Crippen LogP contribution >= 0.6 is 11.3 Å². The van der Waals surface area contributed by atoms with Gasteiger partial charge < -0.3 is 10.1 Å². The molecular formula is C19H17N3O4S. The van der Waals surface area contributed by atoms with Crippen LogP contribution < -0.4 is 10.1 Å². The molecule has 0 unspecified atom stereocenters. The predicted molar refractivity (Wildman–Crippen MR) is 103 cm³/mol. The minimum Gasteiger partial charge on any atom is -0.486 e. The van der Waals surface area contributed by atoms with E-state index in [0.717, 1.165) is 11.3 Å². The standard InChI is InChI=1S/C19H17N3O4S/c1-12-6-8-14(9-7-12)26-10-18-20-16(11-27-18)19(23)21-15-4-3-5-17(13(15)2)22(24)25/h3-9,11H,10H2,1-2H3,(H,21,23). The molecule has 0 bridgehead atoms. The fraction of sp³-hybridized carbons (Fsp3) is 0.158. The van der Waals surface area contributed by atoms with Gasteiger partial charge in [0.05, 0.1) is 16.2 Å². The number of amides is 1. The van der Waals surface area contributed by atoms with Crippen molar-refractivity contribution in [1.29, 1.82) is 0 Å². The number of nitro groups is 1. The monoisotopic (exact) mass is 383 g/mol. The average molecular weight is 383 g/mol. The lowest BCUT2D eigenvalue weighted by Crippen LogP contribution is -2.14. The normalized spacial score (nSPS) is 10.4. The molecule has 0 saturated carbocycles. The van der Waals surface area contributed by atoms with Crippen molar-refractivity contribution in [3.63, 3.8) is 0 Å². The molecule has 0 saturated heterocycles. The zero-order valence-corrected chi connectivity index (χ0v) is 15.6.